The van der Waals surface area contributed by atoms with E-state index in [0.29, 0.717) is 24.5 Å². The Kier molecular flexibility index (Phi) is 11.0. The number of halogens is 1. The molecule has 1 N–H and O–H groups in total. The van der Waals surface area contributed by atoms with Gasteiger partial charge in [-0.05, 0) is 75.1 Å². The number of nitrogens with one attached hydrogen (secondary N) is 1. The molecular weight excluding hydrogens is 570 g/mol. The second-order valence-corrected chi connectivity index (χ2v) is 12.5. The van der Waals surface area contributed by atoms with Crippen LogP contribution in [0.5, 0.6) is 5.75 Å². The van der Waals surface area contributed by atoms with E-state index in [9.17, 15) is 18.0 Å². The van der Waals surface area contributed by atoms with Gasteiger partial charge in [-0.25, -0.2) is 8.42 Å². The van der Waals surface area contributed by atoms with E-state index >= 15 is 0 Å². The maximum atomic E-state index is 13.4. The Morgan fingerprint density at radius 1 is 1.13 bits per heavy atom. The Morgan fingerprint density at radius 2 is 1.82 bits per heavy atom. The van der Waals surface area contributed by atoms with Crippen LogP contribution in [-0.2, 0) is 26.2 Å². The summed E-state index contributed by atoms with van der Waals surface area (Å²) >= 11 is 3.47. The molecule has 3 rings (SSSR count). The monoisotopic (exact) mass is 607 g/mol. The predicted octanol–water partition coefficient (Wildman–Crippen LogP) is 4.87. The number of amides is 2. The summed E-state index contributed by atoms with van der Waals surface area (Å²) in [6, 6.07) is 14.0. The van der Waals surface area contributed by atoms with E-state index in [1.807, 2.05) is 31.2 Å². The number of sulfonamides is 1. The lowest BCUT2D eigenvalue weighted by Crippen LogP contribution is -2.49. The maximum absolute atomic E-state index is 13.4. The van der Waals surface area contributed by atoms with Crippen LogP contribution in [0.2, 0.25) is 0 Å². The molecule has 1 saturated carbocycles. The number of rotatable bonds is 13. The number of ether oxygens (including phenoxy) is 1. The molecular formula is C28H38BrN3O5S. The molecule has 38 heavy (non-hydrogen) atoms. The Bertz CT molecular complexity index is 1180. The third kappa shape index (κ3) is 8.73. The molecule has 0 saturated heterocycles. The first-order chi connectivity index (χ1) is 18.1. The molecule has 1 aliphatic carbocycles. The smallest absolute Gasteiger partial charge is 0.242 e. The van der Waals surface area contributed by atoms with Crippen LogP contribution < -0.4 is 14.4 Å². The van der Waals surface area contributed by atoms with Gasteiger partial charge in [-0.15, -0.1) is 0 Å². The zero-order chi connectivity index (χ0) is 27.7. The summed E-state index contributed by atoms with van der Waals surface area (Å²) in [6.45, 7) is 4.58. The first-order valence-electron chi connectivity index (χ1n) is 13.1. The van der Waals surface area contributed by atoms with Crippen molar-refractivity contribution in [1.82, 2.24) is 10.2 Å². The molecule has 0 bridgehead atoms. The first-order valence-corrected chi connectivity index (χ1v) is 15.8. The Balaban J connectivity index is 1.70. The molecule has 0 aliphatic heterocycles. The van der Waals surface area contributed by atoms with Crippen molar-refractivity contribution in [2.24, 2.45) is 0 Å². The molecule has 1 atom stereocenters. The van der Waals surface area contributed by atoms with Crippen LogP contribution in [-0.4, -0.2) is 56.6 Å². The van der Waals surface area contributed by atoms with Crippen LogP contribution in [0.25, 0.3) is 0 Å². The Morgan fingerprint density at radius 3 is 2.42 bits per heavy atom. The Hall–Kier alpha value is -2.59. The molecule has 0 aromatic heterocycles. The molecule has 1 fully saturated rings. The lowest BCUT2D eigenvalue weighted by Gasteiger charge is -2.30. The van der Waals surface area contributed by atoms with E-state index in [2.05, 4.69) is 21.2 Å². The first kappa shape index (κ1) is 30.0. The second kappa shape index (κ2) is 14.0. The molecule has 208 valence electrons. The predicted molar refractivity (Wildman–Crippen MR) is 154 cm³/mol. The van der Waals surface area contributed by atoms with Crippen LogP contribution in [0, 0.1) is 0 Å². The summed E-state index contributed by atoms with van der Waals surface area (Å²) in [6.07, 6.45) is 5.70. The number of nitrogens with zero attached hydrogens (tertiary/aromatic N) is 2. The lowest BCUT2D eigenvalue weighted by molar-refractivity contribution is -0.141. The van der Waals surface area contributed by atoms with E-state index in [0.717, 1.165) is 42.0 Å². The zero-order valence-corrected chi connectivity index (χ0v) is 24.8. The fraction of sp³-hybridized carbons (Fsp3) is 0.500. The van der Waals surface area contributed by atoms with Gasteiger partial charge in [0, 0.05) is 30.0 Å². The molecule has 8 nitrogen and oxygen atoms in total. The van der Waals surface area contributed by atoms with Crippen molar-refractivity contribution >= 4 is 43.5 Å². The van der Waals surface area contributed by atoms with Crippen molar-refractivity contribution < 1.29 is 22.7 Å². The average Bonchev–Trinajstić information content (AvgIpc) is 3.38. The van der Waals surface area contributed by atoms with E-state index in [1.54, 1.807) is 36.1 Å². The second-order valence-electron chi connectivity index (χ2n) is 9.68. The van der Waals surface area contributed by atoms with Gasteiger partial charge in [-0.2, -0.15) is 0 Å². The number of carbonyl (C=O) groups is 2. The number of hydrogen-bond acceptors (Lipinski definition) is 5. The summed E-state index contributed by atoms with van der Waals surface area (Å²) in [7, 11) is -3.56. The molecule has 2 aromatic rings. The minimum absolute atomic E-state index is 0.109. The molecule has 2 aromatic carbocycles. The molecule has 0 radical (unpaired) electrons. The molecule has 1 unspecified atom stereocenters. The fourth-order valence-electron chi connectivity index (χ4n) is 4.69. The van der Waals surface area contributed by atoms with Gasteiger partial charge in [0.05, 0.1) is 18.6 Å². The standard InChI is InChI=1S/C28H38BrN3O5S/c1-4-37-26-16-14-25(15-17-26)32(38(3,35)36)18-8-13-27(33)31(20-22-9-7-10-23(29)19-22)21(2)28(34)30-24-11-5-6-12-24/h7,9-10,14-17,19,21,24H,4-6,8,11-13,18,20H2,1-3H3,(H,30,34). The summed E-state index contributed by atoms with van der Waals surface area (Å²) in [4.78, 5) is 28.1. The van der Waals surface area contributed by atoms with Gasteiger partial charge in [0.25, 0.3) is 0 Å². The van der Waals surface area contributed by atoms with Crippen molar-refractivity contribution in [3.63, 3.8) is 0 Å². The van der Waals surface area contributed by atoms with Gasteiger partial charge >= 0.3 is 0 Å². The number of hydrogen-bond donors (Lipinski definition) is 1. The van der Waals surface area contributed by atoms with Gasteiger partial charge in [0.15, 0.2) is 0 Å². The van der Waals surface area contributed by atoms with Crippen molar-refractivity contribution in [3.8, 4) is 5.75 Å². The van der Waals surface area contributed by atoms with Crippen molar-refractivity contribution in [1.29, 1.82) is 0 Å². The largest absolute Gasteiger partial charge is 0.494 e. The summed E-state index contributed by atoms with van der Waals surface area (Å²) < 4.78 is 32.7. The molecule has 0 heterocycles. The molecule has 1 aliphatic rings. The van der Waals surface area contributed by atoms with Crippen LogP contribution in [0.15, 0.2) is 53.0 Å². The minimum atomic E-state index is -3.56. The van der Waals surface area contributed by atoms with Crippen LogP contribution in [0.1, 0.15) is 57.9 Å². The highest BCUT2D eigenvalue weighted by atomic mass is 79.9. The van der Waals surface area contributed by atoms with Gasteiger partial charge in [-0.3, -0.25) is 13.9 Å². The van der Waals surface area contributed by atoms with Gasteiger partial charge in [-0.1, -0.05) is 40.9 Å². The molecule has 10 heteroatoms. The highest BCUT2D eigenvalue weighted by Crippen LogP contribution is 2.23. The van der Waals surface area contributed by atoms with Gasteiger partial charge in [0.1, 0.15) is 11.8 Å². The van der Waals surface area contributed by atoms with E-state index in [1.165, 1.54) is 4.31 Å². The third-order valence-electron chi connectivity index (χ3n) is 6.70. The SMILES string of the molecule is CCOc1ccc(N(CCCC(=O)N(Cc2cccc(Br)c2)C(C)C(=O)NC2CCCC2)S(C)(=O)=O)cc1. The number of anilines is 1. The highest BCUT2D eigenvalue weighted by Gasteiger charge is 2.28. The minimum Gasteiger partial charge on any atom is -0.494 e. The number of benzene rings is 2. The van der Waals surface area contributed by atoms with Crippen LogP contribution in [0.4, 0.5) is 5.69 Å². The van der Waals surface area contributed by atoms with Crippen LogP contribution >= 0.6 is 15.9 Å². The summed E-state index contributed by atoms with van der Waals surface area (Å²) in [5.74, 6) is 0.305. The third-order valence-corrected chi connectivity index (χ3v) is 8.39. The van der Waals surface area contributed by atoms with E-state index in [4.69, 9.17) is 4.74 Å². The van der Waals surface area contributed by atoms with E-state index < -0.39 is 16.1 Å². The zero-order valence-electron chi connectivity index (χ0n) is 22.4. The van der Waals surface area contributed by atoms with Crippen molar-refractivity contribution in [3.05, 3.63) is 58.6 Å². The average molecular weight is 609 g/mol. The van der Waals surface area contributed by atoms with Crippen molar-refractivity contribution in [2.75, 3.05) is 23.7 Å². The summed E-state index contributed by atoms with van der Waals surface area (Å²) in [5, 5.41) is 3.10. The normalized spacial score (nSPS) is 14.6. The molecule has 0 spiro atoms. The van der Waals surface area contributed by atoms with E-state index in [-0.39, 0.29) is 37.4 Å². The van der Waals surface area contributed by atoms with Gasteiger partial charge < -0.3 is 15.0 Å². The fourth-order valence-corrected chi connectivity index (χ4v) is 6.10. The topological polar surface area (TPSA) is 96.0 Å². The highest BCUT2D eigenvalue weighted by molar-refractivity contribution is 9.10. The quantitative estimate of drug-likeness (QED) is 0.350. The van der Waals surface area contributed by atoms with Gasteiger partial charge in [0.2, 0.25) is 21.8 Å². The number of carbonyl (C=O) groups excluding carboxylic acids is 2. The Labute approximate surface area is 234 Å². The maximum Gasteiger partial charge on any atom is 0.242 e. The molecule has 2 amide bonds. The van der Waals surface area contributed by atoms with Crippen LogP contribution in [0.3, 0.4) is 0 Å². The summed E-state index contributed by atoms with van der Waals surface area (Å²) in [5.41, 5.74) is 1.42. The lowest BCUT2D eigenvalue weighted by atomic mass is 10.1. The van der Waals surface area contributed by atoms with Crippen molar-refractivity contribution in [2.45, 2.75) is 71.0 Å².